The molecule has 1 rings (SSSR count). The van der Waals surface area contributed by atoms with E-state index in [9.17, 15) is 4.79 Å². The molecule has 18 heavy (non-hydrogen) atoms. The molecule has 0 aliphatic heterocycles. The van der Waals surface area contributed by atoms with Crippen LogP contribution in [0.1, 0.15) is 51.4 Å². The van der Waals surface area contributed by atoms with Gasteiger partial charge in [0.25, 0.3) is 0 Å². The molecule has 0 unspecified atom stereocenters. The third kappa shape index (κ3) is 4.40. The van der Waals surface area contributed by atoms with Crippen LogP contribution in [0.5, 0.6) is 5.75 Å². The number of aromatic carboxylic acids is 1. The summed E-state index contributed by atoms with van der Waals surface area (Å²) < 4.78 is 5.89. The molecule has 0 aromatic heterocycles. The van der Waals surface area contributed by atoms with Crippen molar-refractivity contribution in [1.29, 1.82) is 0 Å². The zero-order valence-electron chi connectivity index (χ0n) is 11.8. The standard InChI is InChI=1S/C15H22O3/c1-14(2,3)10-15(4,5)18-12-9-7-6-8-11(12)13(16)17/h6-9H,10H2,1-5H3,(H,16,17). The average molecular weight is 250 g/mol. The number of para-hydroxylation sites is 1. The number of hydrogen-bond donors (Lipinski definition) is 1. The van der Waals surface area contributed by atoms with E-state index in [0.717, 1.165) is 6.42 Å². The Bertz CT molecular complexity index is 428. The highest BCUT2D eigenvalue weighted by Crippen LogP contribution is 2.32. The van der Waals surface area contributed by atoms with Crippen molar-refractivity contribution < 1.29 is 14.6 Å². The molecule has 0 aliphatic carbocycles. The summed E-state index contributed by atoms with van der Waals surface area (Å²) in [7, 11) is 0. The summed E-state index contributed by atoms with van der Waals surface area (Å²) in [5.41, 5.74) is -0.0645. The lowest BCUT2D eigenvalue weighted by atomic mass is 9.83. The highest BCUT2D eigenvalue weighted by atomic mass is 16.5. The monoisotopic (exact) mass is 250 g/mol. The Morgan fingerprint density at radius 1 is 1.17 bits per heavy atom. The highest BCUT2D eigenvalue weighted by Gasteiger charge is 2.28. The molecule has 1 aromatic carbocycles. The van der Waals surface area contributed by atoms with E-state index in [0.29, 0.717) is 5.75 Å². The first-order valence-electron chi connectivity index (χ1n) is 6.12. The molecule has 0 fully saturated rings. The van der Waals surface area contributed by atoms with Crippen molar-refractivity contribution in [2.24, 2.45) is 5.41 Å². The van der Waals surface area contributed by atoms with E-state index in [-0.39, 0.29) is 11.0 Å². The summed E-state index contributed by atoms with van der Waals surface area (Å²) in [6, 6.07) is 6.75. The first-order valence-corrected chi connectivity index (χ1v) is 6.12. The number of benzene rings is 1. The number of rotatable bonds is 4. The molecule has 0 spiro atoms. The maximum atomic E-state index is 11.1. The summed E-state index contributed by atoms with van der Waals surface area (Å²) in [5.74, 6) is -0.531. The maximum absolute atomic E-state index is 11.1. The molecule has 0 saturated heterocycles. The van der Waals surface area contributed by atoms with E-state index < -0.39 is 11.6 Å². The normalized spacial score (nSPS) is 12.3. The van der Waals surface area contributed by atoms with Crippen LogP contribution in [0.2, 0.25) is 0 Å². The van der Waals surface area contributed by atoms with E-state index in [2.05, 4.69) is 20.8 Å². The molecular weight excluding hydrogens is 228 g/mol. The molecule has 1 aromatic rings. The quantitative estimate of drug-likeness (QED) is 0.879. The second-order valence-corrected chi connectivity index (χ2v) is 6.40. The SMILES string of the molecule is CC(C)(C)CC(C)(C)Oc1ccccc1C(=O)O. The predicted molar refractivity (Wildman–Crippen MR) is 72.2 cm³/mol. The summed E-state index contributed by atoms with van der Waals surface area (Å²) in [6.45, 7) is 10.4. The molecule has 0 heterocycles. The molecule has 0 saturated carbocycles. The van der Waals surface area contributed by atoms with Gasteiger partial charge in [-0.15, -0.1) is 0 Å². The Morgan fingerprint density at radius 3 is 2.22 bits per heavy atom. The number of carboxylic acid groups (broad SMARTS) is 1. The molecule has 0 atom stereocenters. The van der Waals surface area contributed by atoms with Gasteiger partial charge in [0.05, 0.1) is 0 Å². The fraction of sp³-hybridized carbons (Fsp3) is 0.533. The molecule has 1 N–H and O–H groups in total. The molecule has 0 amide bonds. The summed E-state index contributed by atoms with van der Waals surface area (Å²) >= 11 is 0. The fourth-order valence-electron chi connectivity index (χ4n) is 2.34. The molecule has 0 radical (unpaired) electrons. The van der Waals surface area contributed by atoms with Gasteiger partial charge in [-0.2, -0.15) is 0 Å². The third-order valence-corrected chi connectivity index (χ3v) is 2.46. The number of ether oxygens (including phenoxy) is 1. The van der Waals surface area contributed by atoms with Crippen molar-refractivity contribution >= 4 is 5.97 Å². The lowest BCUT2D eigenvalue weighted by Crippen LogP contribution is -2.33. The van der Waals surface area contributed by atoms with Crippen LogP contribution in [0, 0.1) is 5.41 Å². The predicted octanol–water partition coefficient (Wildman–Crippen LogP) is 3.98. The Hall–Kier alpha value is -1.51. The average Bonchev–Trinajstić information content (AvgIpc) is 2.13. The van der Waals surface area contributed by atoms with Crippen LogP contribution in [0.15, 0.2) is 24.3 Å². The van der Waals surface area contributed by atoms with Gasteiger partial charge in [-0.05, 0) is 37.8 Å². The zero-order chi connectivity index (χ0) is 14.0. The second-order valence-electron chi connectivity index (χ2n) is 6.40. The Labute approximate surface area is 109 Å². The third-order valence-electron chi connectivity index (χ3n) is 2.46. The van der Waals surface area contributed by atoms with Gasteiger partial charge >= 0.3 is 5.97 Å². The van der Waals surface area contributed by atoms with E-state index in [1.54, 1.807) is 24.3 Å². The maximum Gasteiger partial charge on any atom is 0.339 e. The van der Waals surface area contributed by atoms with Crippen LogP contribution in [0.3, 0.4) is 0 Å². The molecule has 3 nitrogen and oxygen atoms in total. The van der Waals surface area contributed by atoms with Crippen molar-refractivity contribution in [3.63, 3.8) is 0 Å². The Morgan fingerprint density at radius 2 is 1.72 bits per heavy atom. The number of carbonyl (C=O) groups is 1. The van der Waals surface area contributed by atoms with Gasteiger partial charge in [0.1, 0.15) is 16.9 Å². The van der Waals surface area contributed by atoms with Crippen molar-refractivity contribution in [1.82, 2.24) is 0 Å². The van der Waals surface area contributed by atoms with Crippen molar-refractivity contribution in [2.45, 2.75) is 46.6 Å². The van der Waals surface area contributed by atoms with Crippen LogP contribution >= 0.6 is 0 Å². The highest BCUT2D eigenvalue weighted by molar-refractivity contribution is 5.90. The fourth-order valence-corrected chi connectivity index (χ4v) is 2.34. The summed E-state index contributed by atoms with van der Waals surface area (Å²) in [4.78, 5) is 11.1. The summed E-state index contributed by atoms with van der Waals surface area (Å²) in [5, 5.41) is 9.12. The van der Waals surface area contributed by atoms with Gasteiger partial charge in [-0.3, -0.25) is 0 Å². The number of hydrogen-bond acceptors (Lipinski definition) is 2. The van der Waals surface area contributed by atoms with Gasteiger partial charge in [0.2, 0.25) is 0 Å². The van der Waals surface area contributed by atoms with Crippen LogP contribution in [-0.2, 0) is 0 Å². The van der Waals surface area contributed by atoms with Crippen molar-refractivity contribution in [2.75, 3.05) is 0 Å². The first kappa shape index (κ1) is 14.6. The van der Waals surface area contributed by atoms with Crippen LogP contribution in [-0.4, -0.2) is 16.7 Å². The number of carboxylic acids is 1. The van der Waals surface area contributed by atoms with Gasteiger partial charge in [-0.25, -0.2) is 4.79 Å². The first-order chi connectivity index (χ1) is 8.11. The summed E-state index contributed by atoms with van der Waals surface area (Å²) in [6.07, 6.45) is 0.841. The van der Waals surface area contributed by atoms with Crippen LogP contribution in [0.4, 0.5) is 0 Å². The molecule has 3 heteroatoms. The smallest absolute Gasteiger partial charge is 0.339 e. The van der Waals surface area contributed by atoms with Crippen LogP contribution in [0.25, 0.3) is 0 Å². The van der Waals surface area contributed by atoms with E-state index in [4.69, 9.17) is 9.84 Å². The van der Waals surface area contributed by atoms with Crippen molar-refractivity contribution in [3.8, 4) is 5.75 Å². The van der Waals surface area contributed by atoms with E-state index in [1.165, 1.54) is 0 Å². The molecule has 0 bridgehead atoms. The van der Waals surface area contributed by atoms with E-state index in [1.807, 2.05) is 13.8 Å². The van der Waals surface area contributed by atoms with Gasteiger partial charge < -0.3 is 9.84 Å². The lowest BCUT2D eigenvalue weighted by molar-refractivity contribution is 0.0565. The minimum Gasteiger partial charge on any atom is -0.487 e. The minimum atomic E-state index is -0.961. The van der Waals surface area contributed by atoms with Crippen molar-refractivity contribution in [3.05, 3.63) is 29.8 Å². The molecule has 0 aliphatic rings. The Kier molecular flexibility index (Phi) is 4.05. The molecular formula is C15H22O3. The topological polar surface area (TPSA) is 46.5 Å². The largest absolute Gasteiger partial charge is 0.487 e. The zero-order valence-corrected chi connectivity index (χ0v) is 11.8. The minimum absolute atomic E-state index is 0.127. The van der Waals surface area contributed by atoms with Gasteiger partial charge in [0.15, 0.2) is 0 Å². The van der Waals surface area contributed by atoms with E-state index >= 15 is 0 Å². The van der Waals surface area contributed by atoms with Gasteiger partial charge in [0, 0.05) is 0 Å². The lowest BCUT2D eigenvalue weighted by Gasteiger charge is -2.33. The molecule has 100 valence electrons. The van der Waals surface area contributed by atoms with Gasteiger partial charge in [-0.1, -0.05) is 32.9 Å². The van der Waals surface area contributed by atoms with Crippen LogP contribution < -0.4 is 4.74 Å². The second kappa shape index (κ2) is 5.01. The Balaban J connectivity index is 2.94.